The molecule has 2 heterocycles. The molecule has 28 heavy (non-hydrogen) atoms. The van der Waals surface area contributed by atoms with Crippen molar-refractivity contribution < 1.29 is 14.4 Å². The van der Waals surface area contributed by atoms with Crippen molar-refractivity contribution in [3.63, 3.8) is 0 Å². The van der Waals surface area contributed by atoms with Gasteiger partial charge in [-0.05, 0) is 38.3 Å². The van der Waals surface area contributed by atoms with Crippen molar-refractivity contribution in [3.05, 3.63) is 21.4 Å². The van der Waals surface area contributed by atoms with E-state index in [9.17, 15) is 14.4 Å². The van der Waals surface area contributed by atoms with E-state index < -0.39 is 0 Å². The Balaban J connectivity index is 1.69. The van der Waals surface area contributed by atoms with Crippen LogP contribution in [0.25, 0.3) is 0 Å². The Hall–Kier alpha value is -1.93. The lowest BCUT2D eigenvalue weighted by molar-refractivity contribution is -0.120. The molecule has 3 N–H and O–H groups in total. The number of rotatable bonds is 12. The van der Waals surface area contributed by atoms with Gasteiger partial charge in [-0.25, -0.2) is 0 Å². The highest BCUT2D eigenvalue weighted by Crippen LogP contribution is 2.32. The molecule has 156 valence electrons. The Morgan fingerprint density at radius 2 is 2.00 bits per heavy atom. The fraction of sp³-hybridized carbons (Fsp3) is 0.650. The number of carbonyl (C=O) groups excluding carboxylic acids is 3. The number of hydrogen-bond acceptors (Lipinski definition) is 5. The molecule has 0 radical (unpaired) electrons. The van der Waals surface area contributed by atoms with Crippen molar-refractivity contribution in [2.45, 2.75) is 65.6 Å². The zero-order valence-corrected chi connectivity index (χ0v) is 17.9. The zero-order valence-electron chi connectivity index (χ0n) is 17.1. The molecule has 1 aliphatic heterocycles. The maximum absolute atomic E-state index is 12.6. The molecule has 1 atom stereocenters. The Morgan fingerprint density at radius 3 is 2.71 bits per heavy atom. The van der Waals surface area contributed by atoms with Crippen LogP contribution in [-0.2, 0) is 22.7 Å². The summed E-state index contributed by atoms with van der Waals surface area (Å²) in [7, 11) is 0. The van der Waals surface area contributed by atoms with Crippen LogP contribution in [0.3, 0.4) is 0 Å². The highest BCUT2D eigenvalue weighted by atomic mass is 32.1. The Kier molecular flexibility index (Phi) is 8.92. The van der Waals surface area contributed by atoms with Crippen LogP contribution in [-0.4, -0.2) is 48.3 Å². The minimum Gasteiger partial charge on any atom is -0.356 e. The molecule has 0 saturated carbocycles. The highest BCUT2D eigenvalue weighted by Gasteiger charge is 2.33. The van der Waals surface area contributed by atoms with Gasteiger partial charge in [-0.1, -0.05) is 13.3 Å². The van der Waals surface area contributed by atoms with Gasteiger partial charge < -0.3 is 20.9 Å². The molecule has 0 aliphatic carbocycles. The molecule has 1 aliphatic rings. The number of fused-ring (bicyclic) bond motifs is 1. The smallest absolute Gasteiger partial charge is 0.255 e. The molecule has 0 bridgehead atoms. The quantitative estimate of drug-likeness (QED) is 0.462. The van der Waals surface area contributed by atoms with Crippen molar-refractivity contribution >= 4 is 29.1 Å². The lowest BCUT2D eigenvalue weighted by Gasteiger charge is -2.24. The SMILES string of the molecule is CCCC(C)N1Cc2c(csc2CNC(=O)CNCCCCNC(C)=O)C1=O. The van der Waals surface area contributed by atoms with E-state index in [1.807, 2.05) is 10.3 Å². The first-order chi connectivity index (χ1) is 13.4. The lowest BCUT2D eigenvalue weighted by atomic mass is 10.2. The summed E-state index contributed by atoms with van der Waals surface area (Å²) in [5.41, 5.74) is 1.87. The third-order valence-corrected chi connectivity index (χ3v) is 5.95. The topological polar surface area (TPSA) is 90.5 Å². The van der Waals surface area contributed by atoms with Crippen molar-refractivity contribution in [1.29, 1.82) is 0 Å². The van der Waals surface area contributed by atoms with Crippen LogP contribution in [0.1, 0.15) is 67.3 Å². The zero-order chi connectivity index (χ0) is 20.5. The lowest BCUT2D eigenvalue weighted by Crippen LogP contribution is -2.34. The van der Waals surface area contributed by atoms with Gasteiger partial charge in [-0.2, -0.15) is 0 Å². The van der Waals surface area contributed by atoms with E-state index >= 15 is 0 Å². The average Bonchev–Trinajstić information content (AvgIpc) is 3.19. The monoisotopic (exact) mass is 408 g/mol. The molecule has 7 nitrogen and oxygen atoms in total. The first kappa shape index (κ1) is 22.4. The van der Waals surface area contributed by atoms with Crippen LogP contribution in [0.2, 0.25) is 0 Å². The summed E-state index contributed by atoms with van der Waals surface area (Å²) < 4.78 is 0. The average molecular weight is 409 g/mol. The maximum Gasteiger partial charge on any atom is 0.255 e. The molecule has 0 aromatic carbocycles. The van der Waals surface area contributed by atoms with Crippen LogP contribution < -0.4 is 16.0 Å². The van der Waals surface area contributed by atoms with Gasteiger partial charge in [0.2, 0.25) is 11.8 Å². The number of nitrogens with one attached hydrogen (secondary N) is 3. The second kappa shape index (κ2) is 11.2. The predicted molar refractivity (Wildman–Crippen MR) is 111 cm³/mol. The van der Waals surface area contributed by atoms with E-state index in [2.05, 4.69) is 29.8 Å². The van der Waals surface area contributed by atoms with Crippen molar-refractivity contribution in [2.75, 3.05) is 19.6 Å². The van der Waals surface area contributed by atoms with Crippen LogP contribution in [0.4, 0.5) is 0 Å². The van der Waals surface area contributed by atoms with E-state index in [0.29, 0.717) is 19.6 Å². The summed E-state index contributed by atoms with van der Waals surface area (Å²) in [5.74, 6) is 0.0484. The second-order valence-electron chi connectivity index (χ2n) is 7.27. The Morgan fingerprint density at radius 1 is 1.25 bits per heavy atom. The Bertz CT molecular complexity index is 689. The second-order valence-corrected chi connectivity index (χ2v) is 8.23. The van der Waals surface area contributed by atoms with Gasteiger partial charge in [-0.3, -0.25) is 14.4 Å². The fourth-order valence-corrected chi connectivity index (χ4v) is 4.31. The van der Waals surface area contributed by atoms with Gasteiger partial charge in [0.1, 0.15) is 0 Å². The van der Waals surface area contributed by atoms with Crippen LogP contribution >= 0.6 is 11.3 Å². The normalized spacial score (nSPS) is 14.1. The van der Waals surface area contributed by atoms with Crippen molar-refractivity contribution in [3.8, 4) is 0 Å². The summed E-state index contributed by atoms with van der Waals surface area (Å²) >= 11 is 1.55. The number of nitrogens with zero attached hydrogens (tertiary/aromatic N) is 1. The molecule has 8 heteroatoms. The standard InChI is InChI=1S/C20H32N4O3S/c1-4-7-14(2)24-12-16-17(20(24)27)13-28-18(16)10-23-19(26)11-21-8-5-6-9-22-15(3)25/h13-14,21H,4-12H2,1-3H3,(H,22,25)(H,23,26). The molecular weight excluding hydrogens is 376 g/mol. The molecular formula is C20H32N4O3S. The van der Waals surface area contributed by atoms with E-state index in [-0.39, 0.29) is 30.3 Å². The van der Waals surface area contributed by atoms with Crippen LogP contribution in [0.15, 0.2) is 5.38 Å². The number of hydrogen-bond donors (Lipinski definition) is 3. The van der Waals surface area contributed by atoms with Gasteiger partial charge in [0.25, 0.3) is 5.91 Å². The first-order valence-corrected chi connectivity index (χ1v) is 10.9. The van der Waals surface area contributed by atoms with Gasteiger partial charge in [0.05, 0.1) is 18.7 Å². The number of amides is 3. The number of unbranched alkanes of at least 4 members (excludes halogenated alkanes) is 1. The summed E-state index contributed by atoms with van der Waals surface area (Å²) in [6.45, 7) is 8.52. The van der Waals surface area contributed by atoms with E-state index in [1.165, 1.54) is 6.92 Å². The van der Waals surface area contributed by atoms with Crippen LogP contribution in [0.5, 0.6) is 0 Å². The van der Waals surface area contributed by atoms with E-state index in [1.54, 1.807) is 11.3 Å². The summed E-state index contributed by atoms with van der Waals surface area (Å²) in [6.07, 6.45) is 3.85. The molecule has 0 spiro atoms. The minimum absolute atomic E-state index is 0.0166. The third kappa shape index (κ3) is 6.31. The van der Waals surface area contributed by atoms with Gasteiger partial charge in [0, 0.05) is 36.3 Å². The van der Waals surface area contributed by atoms with Gasteiger partial charge >= 0.3 is 0 Å². The molecule has 0 saturated heterocycles. The molecule has 3 amide bonds. The van der Waals surface area contributed by atoms with E-state index in [0.717, 1.165) is 48.2 Å². The molecule has 1 aromatic heterocycles. The third-order valence-electron chi connectivity index (χ3n) is 4.92. The van der Waals surface area contributed by atoms with Gasteiger partial charge in [-0.15, -0.1) is 11.3 Å². The molecule has 1 aromatic rings. The summed E-state index contributed by atoms with van der Waals surface area (Å²) in [5, 5.41) is 10.7. The summed E-state index contributed by atoms with van der Waals surface area (Å²) in [6, 6.07) is 0.243. The summed E-state index contributed by atoms with van der Waals surface area (Å²) in [4.78, 5) is 38.4. The molecule has 2 rings (SSSR count). The largest absolute Gasteiger partial charge is 0.356 e. The van der Waals surface area contributed by atoms with Gasteiger partial charge in [0.15, 0.2) is 0 Å². The molecule has 1 unspecified atom stereocenters. The number of carbonyl (C=O) groups is 3. The molecule has 0 fully saturated rings. The highest BCUT2D eigenvalue weighted by molar-refractivity contribution is 7.10. The Labute approximate surface area is 171 Å². The number of thiophene rings is 1. The first-order valence-electron chi connectivity index (χ1n) is 10.1. The van der Waals surface area contributed by atoms with Crippen molar-refractivity contribution in [1.82, 2.24) is 20.9 Å². The predicted octanol–water partition coefficient (Wildman–Crippen LogP) is 2.01. The fourth-order valence-electron chi connectivity index (χ4n) is 3.33. The maximum atomic E-state index is 12.6. The van der Waals surface area contributed by atoms with Crippen LogP contribution in [0, 0.1) is 0 Å². The van der Waals surface area contributed by atoms with E-state index in [4.69, 9.17) is 0 Å². The minimum atomic E-state index is -0.0514. The van der Waals surface area contributed by atoms with Crippen molar-refractivity contribution in [2.24, 2.45) is 0 Å².